The van der Waals surface area contributed by atoms with Gasteiger partial charge in [-0.1, -0.05) is 17.7 Å². The first kappa shape index (κ1) is 12.4. The van der Waals surface area contributed by atoms with Gasteiger partial charge in [0.25, 0.3) is 0 Å². The Morgan fingerprint density at radius 1 is 1.56 bits per heavy atom. The molecule has 0 aliphatic carbocycles. The van der Waals surface area contributed by atoms with Crippen molar-refractivity contribution in [2.45, 2.75) is 6.92 Å². The van der Waals surface area contributed by atoms with Gasteiger partial charge < -0.3 is 9.72 Å². The standard InChI is InChI=1S/C11H9ClN2O4/c1-2-18-11(15)9-10(14(16)17)6-4-3-5-7(12)8(6)13-9/h3-5,13H,2H2,1H3. The molecular formula is C11H9ClN2O4. The van der Waals surface area contributed by atoms with Gasteiger partial charge in [-0.05, 0) is 19.1 Å². The number of carbonyl (C=O) groups excluding carboxylic acids is 1. The molecule has 2 aromatic rings. The number of esters is 1. The fourth-order valence-electron chi connectivity index (χ4n) is 1.71. The molecule has 0 aliphatic heterocycles. The van der Waals surface area contributed by atoms with Gasteiger partial charge in [-0.3, -0.25) is 10.1 Å². The third-order valence-corrected chi connectivity index (χ3v) is 2.73. The molecule has 0 unspecified atom stereocenters. The van der Waals surface area contributed by atoms with E-state index in [1.54, 1.807) is 19.1 Å². The van der Waals surface area contributed by atoms with Crippen molar-refractivity contribution in [1.82, 2.24) is 4.98 Å². The minimum atomic E-state index is -0.767. The molecule has 6 nitrogen and oxygen atoms in total. The Labute approximate surface area is 107 Å². The van der Waals surface area contributed by atoms with E-state index in [-0.39, 0.29) is 23.4 Å². The first-order valence-corrected chi connectivity index (χ1v) is 5.55. The second-order valence-corrected chi connectivity index (χ2v) is 3.90. The number of H-pyrrole nitrogens is 1. The highest BCUT2D eigenvalue weighted by Crippen LogP contribution is 2.33. The van der Waals surface area contributed by atoms with Gasteiger partial charge >= 0.3 is 11.7 Å². The van der Waals surface area contributed by atoms with Crippen LogP contribution in [0.25, 0.3) is 10.9 Å². The van der Waals surface area contributed by atoms with E-state index in [4.69, 9.17) is 16.3 Å². The van der Waals surface area contributed by atoms with Crippen molar-refractivity contribution < 1.29 is 14.5 Å². The minimum Gasteiger partial charge on any atom is -0.461 e. The first-order valence-electron chi connectivity index (χ1n) is 5.18. The van der Waals surface area contributed by atoms with Crippen LogP contribution in [0, 0.1) is 10.1 Å². The molecule has 0 aliphatic rings. The molecular weight excluding hydrogens is 260 g/mol. The molecule has 2 rings (SSSR count). The highest BCUT2D eigenvalue weighted by atomic mass is 35.5. The number of carbonyl (C=O) groups is 1. The molecule has 0 radical (unpaired) electrons. The molecule has 0 saturated heterocycles. The zero-order valence-corrected chi connectivity index (χ0v) is 10.2. The molecule has 94 valence electrons. The zero-order chi connectivity index (χ0) is 13.3. The van der Waals surface area contributed by atoms with Crippen LogP contribution in [0.2, 0.25) is 5.02 Å². The van der Waals surface area contributed by atoms with Gasteiger partial charge in [-0.15, -0.1) is 0 Å². The molecule has 7 heteroatoms. The molecule has 0 spiro atoms. The van der Waals surface area contributed by atoms with Crippen molar-refractivity contribution >= 4 is 34.2 Å². The molecule has 1 N–H and O–H groups in total. The van der Waals surface area contributed by atoms with Crippen LogP contribution in [0.15, 0.2) is 18.2 Å². The summed E-state index contributed by atoms with van der Waals surface area (Å²) in [7, 11) is 0. The fourth-order valence-corrected chi connectivity index (χ4v) is 1.93. The number of fused-ring (bicyclic) bond motifs is 1. The van der Waals surface area contributed by atoms with E-state index in [9.17, 15) is 14.9 Å². The average molecular weight is 269 g/mol. The summed E-state index contributed by atoms with van der Waals surface area (Å²) in [6.07, 6.45) is 0. The number of nitro groups is 1. The van der Waals surface area contributed by atoms with Gasteiger partial charge in [0.2, 0.25) is 5.69 Å². The number of ether oxygens (including phenoxy) is 1. The smallest absolute Gasteiger partial charge is 0.362 e. The molecule has 1 aromatic carbocycles. The Morgan fingerprint density at radius 2 is 2.28 bits per heavy atom. The van der Waals surface area contributed by atoms with Crippen LogP contribution in [0.3, 0.4) is 0 Å². The highest BCUT2D eigenvalue weighted by molar-refractivity contribution is 6.35. The van der Waals surface area contributed by atoms with Gasteiger partial charge in [0.05, 0.1) is 27.5 Å². The minimum absolute atomic E-state index is 0.138. The van der Waals surface area contributed by atoms with Gasteiger partial charge in [0.1, 0.15) is 0 Å². The quantitative estimate of drug-likeness (QED) is 0.527. The first-order chi connectivity index (χ1) is 8.56. The highest BCUT2D eigenvalue weighted by Gasteiger charge is 2.28. The summed E-state index contributed by atoms with van der Waals surface area (Å²) >= 11 is 5.92. The third kappa shape index (κ3) is 1.91. The van der Waals surface area contributed by atoms with Crippen molar-refractivity contribution in [1.29, 1.82) is 0 Å². The molecule has 0 saturated carbocycles. The predicted octanol–water partition coefficient (Wildman–Crippen LogP) is 2.91. The van der Waals surface area contributed by atoms with Crippen molar-refractivity contribution in [3.8, 4) is 0 Å². The van der Waals surface area contributed by atoms with Gasteiger partial charge in [0.15, 0.2) is 0 Å². The number of aromatic amines is 1. The monoisotopic (exact) mass is 268 g/mol. The molecule has 0 fully saturated rings. The lowest BCUT2D eigenvalue weighted by Crippen LogP contribution is -2.07. The number of para-hydroxylation sites is 1. The van der Waals surface area contributed by atoms with E-state index < -0.39 is 10.9 Å². The maximum atomic E-state index is 11.6. The number of hydrogen-bond donors (Lipinski definition) is 1. The Bertz CT molecular complexity index is 635. The molecule has 0 atom stereocenters. The van der Waals surface area contributed by atoms with Gasteiger partial charge in [0, 0.05) is 0 Å². The number of hydrogen-bond acceptors (Lipinski definition) is 4. The number of halogens is 1. The van der Waals surface area contributed by atoms with E-state index in [0.29, 0.717) is 10.5 Å². The van der Waals surface area contributed by atoms with Crippen molar-refractivity contribution in [3.05, 3.63) is 39.0 Å². The summed E-state index contributed by atoms with van der Waals surface area (Å²) in [5.74, 6) is -0.767. The van der Waals surface area contributed by atoms with E-state index in [1.165, 1.54) is 6.07 Å². The number of nitrogens with one attached hydrogen (secondary N) is 1. The Hall–Kier alpha value is -2.08. The van der Waals surface area contributed by atoms with Gasteiger partial charge in [-0.25, -0.2) is 4.79 Å². The second-order valence-electron chi connectivity index (χ2n) is 3.49. The summed E-state index contributed by atoms with van der Waals surface area (Å²) in [6, 6.07) is 4.69. The second kappa shape index (κ2) is 4.66. The molecule has 0 amide bonds. The van der Waals surface area contributed by atoms with Crippen molar-refractivity contribution in [3.63, 3.8) is 0 Å². The topological polar surface area (TPSA) is 85.2 Å². The largest absolute Gasteiger partial charge is 0.461 e. The van der Waals surface area contributed by atoms with Crippen LogP contribution in [0.4, 0.5) is 5.69 Å². The Balaban J connectivity index is 2.73. The molecule has 1 aromatic heterocycles. The number of rotatable bonds is 3. The van der Waals surface area contributed by atoms with Crippen LogP contribution in [0.5, 0.6) is 0 Å². The van der Waals surface area contributed by atoms with E-state index in [0.717, 1.165) is 0 Å². The average Bonchev–Trinajstić information content (AvgIpc) is 2.70. The number of nitrogens with zero attached hydrogens (tertiary/aromatic N) is 1. The Kier molecular flexibility index (Phi) is 3.20. The van der Waals surface area contributed by atoms with Crippen LogP contribution in [-0.4, -0.2) is 22.5 Å². The third-order valence-electron chi connectivity index (χ3n) is 2.42. The maximum absolute atomic E-state index is 11.6. The lowest BCUT2D eigenvalue weighted by atomic mass is 10.2. The van der Waals surface area contributed by atoms with Crippen molar-refractivity contribution in [2.75, 3.05) is 6.61 Å². The number of benzene rings is 1. The zero-order valence-electron chi connectivity index (χ0n) is 9.40. The molecule has 0 bridgehead atoms. The van der Waals surface area contributed by atoms with E-state index in [2.05, 4.69) is 4.98 Å². The Morgan fingerprint density at radius 3 is 2.89 bits per heavy atom. The van der Waals surface area contributed by atoms with E-state index >= 15 is 0 Å². The van der Waals surface area contributed by atoms with Gasteiger partial charge in [-0.2, -0.15) is 0 Å². The van der Waals surface area contributed by atoms with Crippen LogP contribution < -0.4 is 0 Å². The lowest BCUT2D eigenvalue weighted by molar-refractivity contribution is -0.383. The summed E-state index contributed by atoms with van der Waals surface area (Å²) in [4.78, 5) is 24.7. The van der Waals surface area contributed by atoms with Crippen LogP contribution in [-0.2, 0) is 4.74 Å². The maximum Gasteiger partial charge on any atom is 0.362 e. The summed E-state index contributed by atoms with van der Waals surface area (Å²) < 4.78 is 4.77. The molecule has 1 heterocycles. The normalized spacial score (nSPS) is 10.6. The fraction of sp³-hybridized carbons (Fsp3) is 0.182. The van der Waals surface area contributed by atoms with E-state index in [1.807, 2.05) is 0 Å². The van der Waals surface area contributed by atoms with Crippen LogP contribution in [0.1, 0.15) is 17.4 Å². The summed E-state index contributed by atoms with van der Waals surface area (Å²) in [6.45, 7) is 1.76. The molecule has 18 heavy (non-hydrogen) atoms. The van der Waals surface area contributed by atoms with Crippen molar-refractivity contribution in [2.24, 2.45) is 0 Å². The lowest BCUT2D eigenvalue weighted by Gasteiger charge is -1.98. The number of aromatic nitrogens is 1. The van der Waals surface area contributed by atoms with Crippen LogP contribution >= 0.6 is 11.6 Å². The summed E-state index contributed by atoms with van der Waals surface area (Å²) in [5, 5.41) is 11.7. The summed E-state index contributed by atoms with van der Waals surface area (Å²) in [5.41, 5.74) is -0.148. The SMILES string of the molecule is CCOC(=O)c1[nH]c2c(Cl)cccc2c1[N+](=O)[O-]. The predicted molar refractivity (Wildman–Crippen MR) is 65.9 cm³/mol.